The van der Waals surface area contributed by atoms with Gasteiger partial charge in [-0.1, -0.05) is 0 Å². The summed E-state index contributed by atoms with van der Waals surface area (Å²) in [7, 11) is 0. The second-order valence-electron chi connectivity index (χ2n) is 5.27. The van der Waals surface area contributed by atoms with Crippen LogP contribution >= 0.6 is 11.3 Å². The van der Waals surface area contributed by atoms with E-state index in [4.69, 9.17) is 0 Å². The van der Waals surface area contributed by atoms with E-state index < -0.39 is 0 Å². The maximum atomic E-state index is 4.60. The Morgan fingerprint density at radius 2 is 2.25 bits per heavy atom. The number of anilines is 1. The van der Waals surface area contributed by atoms with Crippen molar-refractivity contribution in [3.8, 4) is 0 Å². The van der Waals surface area contributed by atoms with Gasteiger partial charge in [-0.15, -0.1) is 11.3 Å². The molecular weight excluding hydrogens is 272 g/mol. The zero-order valence-electron chi connectivity index (χ0n) is 11.9. The molecule has 1 saturated heterocycles. The van der Waals surface area contributed by atoms with Crippen LogP contribution in [0.3, 0.4) is 0 Å². The largest absolute Gasteiger partial charge is 0.343 e. The van der Waals surface area contributed by atoms with Crippen LogP contribution in [0.2, 0.25) is 0 Å². The SMILES string of the molecule is Cc1csc(N2CCN(CCn3cncn3)C[C@H]2C)n1. The molecule has 0 radical (unpaired) electrons. The van der Waals surface area contributed by atoms with Gasteiger partial charge in [0.2, 0.25) is 0 Å². The highest BCUT2D eigenvalue weighted by Crippen LogP contribution is 2.24. The molecule has 1 fully saturated rings. The third kappa shape index (κ3) is 2.99. The molecule has 0 N–H and O–H groups in total. The fraction of sp³-hybridized carbons (Fsp3) is 0.615. The maximum Gasteiger partial charge on any atom is 0.185 e. The van der Waals surface area contributed by atoms with Gasteiger partial charge in [-0.05, 0) is 13.8 Å². The van der Waals surface area contributed by atoms with Crippen molar-refractivity contribution in [2.75, 3.05) is 31.1 Å². The van der Waals surface area contributed by atoms with Gasteiger partial charge in [0, 0.05) is 37.6 Å². The highest BCUT2D eigenvalue weighted by atomic mass is 32.1. The number of aromatic nitrogens is 4. The first-order valence-electron chi connectivity index (χ1n) is 6.96. The van der Waals surface area contributed by atoms with Crippen molar-refractivity contribution in [1.29, 1.82) is 0 Å². The fourth-order valence-corrected chi connectivity index (χ4v) is 3.52. The van der Waals surface area contributed by atoms with Crippen LogP contribution in [0.15, 0.2) is 18.0 Å². The smallest absolute Gasteiger partial charge is 0.185 e. The molecule has 0 aromatic carbocycles. The van der Waals surface area contributed by atoms with Crippen LogP contribution in [0.1, 0.15) is 12.6 Å². The van der Waals surface area contributed by atoms with E-state index in [1.807, 2.05) is 4.68 Å². The lowest BCUT2D eigenvalue weighted by Crippen LogP contribution is -2.52. The van der Waals surface area contributed by atoms with E-state index >= 15 is 0 Å². The summed E-state index contributed by atoms with van der Waals surface area (Å²) in [5.74, 6) is 0. The molecule has 7 heteroatoms. The number of nitrogens with zero attached hydrogens (tertiary/aromatic N) is 6. The van der Waals surface area contributed by atoms with Gasteiger partial charge >= 0.3 is 0 Å². The van der Waals surface area contributed by atoms with E-state index in [9.17, 15) is 0 Å². The summed E-state index contributed by atoms with van der Waals surface area (Å²) in [6.45, 7) is 9.47. The average Bonchev–Trinajstić information content (AvgIpc) is 3.08. The molecule has 2 aromatic heterocycles. The van der Waals surface area contributed by atoms with E-state index in [2.05, 4.69) is 44.1 Å². The van der Waals surface area contributed by atoms with Crippen LogP contribution in [0, 0.1) is 6.92 Å². The van der Waals surface area contributed by atoms with Gasteiger partial charge in [0.25, 0.3) is 0 Å². The minimum absolute atomic E-state index is 0.505. The topological polar surface area (TPSA) is 50.1 Å². The third-order valence-corrected chi connectivity index (χ3v) is 4.67. The second kappa shape index (κ2) is 5.88. The van der Waals surface area contributed by atoms with Crippen molar-refractivity contribution in [2.45, 2.75) is 26.4 Å². The predicted molar refractivity (Wildman–Crippen MR) is 80.1 cm³/mol. The van der Waals surface area contributed by atoms with Crippen molar-refractivity contribution < 1.29 is 0 Å². The summed E-state index contributed by atoms with van der Waals surface area (Å²) in [4.78, 5) is 13.5. The first-order valence-corrected chi connectivity index (χ1v) is 7.84. The maximum absolute atomic E-state index is 4.60. The van der Waals surface area contributed by atoms with Crippen molar-refractivity contribution in [1.82, 2.24) is 24.6 Å². The normalized spacial score (nSPS) is 20.5. The summed E-state index contributed by atoms with van der Waals surface area (Å²) < 4.78 is 1.89. The fourth-order valence-electron chi connectivity index (χ4n) is 2.59. The number of piperazine rings is 1. The summed E-state index contributed by atoms with van der Waals surface area (Å²) in [6.07, 6.45) is 3.36. The van der Waals surface area contributed by atoms with E-state index in [0.29, 0.717) is 6.04 Å². The minimum Gasteiger partial charge on any atom is -0.343 e. The summed E-state index contributed by atoms with van der Waals surface area (Å²) in [5, 5.41) is 7.43. The summed E-state index contributed by atoms with van der Waals surface area (Å²) >= 11 is 1.75. The Labute approximate surface area is 123 Å². The molecule has 20 heavy (non-hydrogen) atoms. The van der Waals surface area contributed by atoms with Crippen LogP contribution in [-0.4, -0.2) is 56.9 Å². The Morgan fingerprint density at radius 1 is 1.35 bits per heavy atom. The number of hydrogen-bond acceptors (Lipinski definition) is 6. The quantitative estimate of drug-likeness (QED) is 0.849. The zero-order valence-corrected chi connectivity index (χ0v) is 12.8. The lowest BCUT2D eigenvalue weighted by molar-refractivity contribution is 0.218. The van der Waals surface area contributed by atoms with Crippen molar-refractivity contribution in [3.63, 3.8) is 0 Å². The Morgan fingerprint density at radius 3 is 2.90 bits per heavy atom. The molecule has 0 unspecified atom stereocenters. The van der Waals surface area contributed by atoms with Gasteiger partial charge in [0.15, 0.2) is 5.13 Å². The minimum atomic E-state index is 0.505. The van der Waals surface area contributed by atoms with E-state index in [-0.39, 0.29) is 0 Å². The number of thiazole rings is 1. The zero-order chi connectivity index (χ0) is 13.9. The van der Waals surface area contributed by atoms with Crippen LogP contribution in [0.25, 0.3) is 0 Å². The van der Waals surface area contributed by atoms with Crippen LogP contribution in [-0.2, 0) is 6.54 Å². The standard InChI is InChI=1S/C13H20N6S/c1-11-8-20-13(16-11)19-6-4-17(7-12(19)2)3-5-18-10-14-9-15-18/h8-10,12H,3-7H2,1-2H3/t12-/m1/s1. The Kier molecular flexibility index (Phi) is 3.98. The highest BCUT2D eigenvalue weighted by Gasteiger charge is 2.25. The van der Waals surface area contributed by atoms with Crippen LogP contribution in [0.4, 0.5) is 5.13 Å². The second-order valence-corrected chi connectivity index (χ2v) is 6.11. The van der Waals surface area contributed by atoms with E-state index in [1.54, 1.807) is 24.0 Å². The van der Waals surface area contributed by atoms with Gasteiger partial charge in [0.05, 0.1) is 12.2 Å². The lowest BCUT2D eigenvalue weighted by Gasteiger charge is -2.39. The highest BCUT2D eigenvalue weighted by molar-refractivity contribution is 7.13. The average molecular weight is 292 g/mol. The Hall–Kier alpha value is -1.47. The molecule has 108 valence electrons. The molecule has 0 amide bonds. The molecule has 1 aliphatic rings. The molecule has 2 aromatic rings. The van der Waals surface area contributed by atoms with Crippen molar-refractivity contribution in [2.24, 2.45) is 0 Å². The summed E-state index contributed by atoms with van der Waals surface area (Å²) in [6, 6.07) is 0.505. The van der Waals surface area contributed by atoms with Crippen LogP contribution < -0.4 is 4.90 Å². The molecule has 0 spiro atoms. The van der Waals surface area contributed by atoms with Gasteiger partial charge in [0.1, 0.15) is 12.7 Å². The van der Waals surface area contributed by atoms with E-state index in [0.717, 1.165) is 43.5 Å². The van der Waals surface area contributed by atoms with Gasteiger partial charge in [-0.3, -0.25) is 9.58 Å². The van der Waals surface area contributed by atoms with Crippen molar-refractivity contribution >= 4 is 16.5 Å². The summed E-state index contributed by atoms with van der Waals surface area (Å²) in [5.41, 5.74) is 1.12. The molecule has 3 rings (SSSR count). The Bertz CT molecular complexity index is 537. The molecule has 1 aliphatic heterocycles. The number of hydrogen-bond donors (Lipinski definition) is 0. The molecule has 6 nitrogen and oxygen atoms in total. The molecule has 0 saturated carbocycles. The lowest BCUT2D eigenvalue weighted by atomic mass is 10.2. The van der Waals surface area contributed by atoms with Gasteiger partial charge in [-0.25, -0.2) is 9.97 Å². The third-order valence-electron chi connectivity index (χ3n) is 3.68. The van der Waals surface area contributed by atoms with Crippen LogP contribution in [0.5, 0.6) is 0 Å². The molecular formula is C13H20N6S. The molecule has 0 aliphatic carbocycles. The molecule has 0 bridgehead atoms. The molecule has 3 heterocycles. The Balaban J connectivity index is 1.54. The first kappa shape index (κ1) is 13.5. The molecule has 1 atom stereocenters. The first-order chi connectivity index (χ1) is 9.72. The number of aryl methyl sites for hydroxylation is 1. The van der Waals surface area contributed by atoms with Crippen molar-refractivity contribution in [3.05, 3.63) is 23.7 Å². The number of rotatable bonds is 4. The predicted octanol–water partition coefficient (Wildman–Crippen LogP) is 1.25. The van der Waals surface area contributed by atoms with Gasteiger partial charge < -0.3 is 4.90 Å². The van der Waals surface area contributed by atoms with Gasteiger partial charge in [-0.2, -0.15) is 5.10 Å². The monoisotopic (exact) mass is 292 g/mol. The van der Waals surface area contributed by atoms with E-state index in [1.165, 1.54) is 0 Å².